The van der Waals surface area contributed by atoms with Gasteiger partial charge in [-0.05, 0) is 24.1 Å². The van der Waals surface area contributed by atoms with Crippen LogP contribution in [-0.2, 0) is 0 Å². The molecule has 2 aromatic rings. The number of nitriles is 1. The average molecular weight is 223 g/mol. The van der Waals surface area contributed by atoms with Gasteiger partial charge in [0.1, 0.15) is 5.75 Å². The standard InChI is InChI=1S/C15H13NO/c1-11(10-16)12-6-2-3-7-13(12)14-8-4-5-9-15(14)17/h2-9,11,17H,1H3. The molecule has 1 atom stereocenters. The van der Waals surface area contributed by atoms with E-state index in [0.717, 1.165) is 16.7 Å². The second-order valence-corrected chi connectivity index (χ2v) is 3.96. The number of nitrogens with zero attached hydrogens (tertiary/aromatic N) is 1. The molecule has 17 heavy (non-hydrogen) atoms. The van der Waals surface area contributed by atoms with Crippen molar-refractivity contribution in [3.05, 3.63) is 54.1 Å². The molecule has 0 radical (unpaired) electrons. The summed E-state index contributed by atoms with van der Waals surface area (Å²) in [6.45, 7) is 1.86. The largest absolute Gasteiger partial charge is 0.507 e. The first-order valence-electron chi connectivity index (χ1n) is 5.51. The summed E-state index contributed by atoms with van der Waals surface area (Å²) < 4.78 is 0. The number of hydrogen-bond donors (Lipinski definition) is 1. The van der Waals surface area contributed by atoms with Crippen LogP contribution in [0.1, 0.15) is 18.4 Å². The molecular formula is C15H13NO. The summed E-state index contributed by atoms with van der Waals surface area (Å²) in [7, 11) is 0. The van der Waals surface area contributed by atoms with Gasteiger partial charge >= 0.3 is 0 Å². The van der Waals surface area contributed by atoms with E-state index in [0.29, 0.717) is 0 Å². The van der Waals surface area contributed by atoms with Gasteiger partial charge in [0.25, 0.3) is 0 Å². The molecule has 0 bridgehead atoms. The summed E-state index contributed by atoms with van der Waals surface area (Å²) in [5.41, 5.74) is 2.63. The van der Waals surface area contributed by atoms with E-state index in [9.17, 15) is 5.11 Å². The van der Waals surface area contributed by atoms with Crippen molar-refractivity contribution in [1.82, 2.24) is 0 Å². The normalized spacial score (nSPS) is 11.8. The van der Waals surface area contributed by atoms with Crippen LogP contribution >= 0.6 is 0 Å². The molecule has 0 aliphatic rings. The molecule has 84 valence electrons. The lowest BCUT2D eigenvalue weighted by Gasteiger charge is -2.12. The Hall–Kier alpha value is -2.27. The fraction of sp³-hybridized carbons (Fsp3) is 0.133. The smallest absolute Gasteiger partial charge is 0.123 e. The SMILES string of the molecule is CC(C#N)c1ccccc1-c1ccccc1O. The molecule has 0 heterocycles. The Morgan fingerprint density at radius 1 is 1.00 bits per heavy atom. The summed E-state index contributed by atoms with van der Waals surface area (Å²) in [5, 5.41) is 18.9. The van der Waals surface area contributed by atoms with Gasteiger partial charge in [0, 0.05) is 5.56 Å². The number of phenolic OH excluding ortho intramolecular Hbond substituents is 1. The van der Waals surface area contributed by atoms with Crippen molar-refractivity contribution in [2.45, 2.75) is 12.8 Å². The Kier molecular flexibility index (Phi) is 3.11. The highest BCUT2D eigenvalue weighted by molar-refractivity contribution is 5.73. The average Bonchev–Trinajstić information content (AvgIpc) is 2.38. The Morgan fingerprint density at radius 2 is 1.59 bits per heavy atom. The molecule has 0 aliphatic carbocycles. The first-order chi connectivity index (χ1) is 8.24. The Labute approximate surface area is 101 Å². The third-order valence-electron chi connectivity index (χ3n) is 2.82. The van der Waals surface area contributed by atoms with Crippen LogP contribution in [0.2, 0.25) is 0 Å². The highest BCUT2D eigenvalue weighted by Gasteiger charge is 2.12. The van der Waals surface area contributed by atoms with E-state index in [1.807, 2.05) is 43.3 Å². The highest BCUT2D eigenvalue weighted by Crippen LogP contribution is 2.34. The predicted octanol–water partition coefficient (Wildman–Crippen LogP) is 3.69. The Morgan fingerprint density at radius 3 is 2.24 bits per heavy atom. The molecule has 0 saturated carbocycles. The zero-order valence-corrected chi connectivity index (χ0v) is 9.59. The van der Waals surface area contributed by atoms with Crippen molar-refractivity contribution in [3.63, 3.8) is 0 Å². The number of para-hydroxylation sites is 1. The van der Waals surface area contributed by atoms with Crippen LogP contribution < -0.4 is 0 Å². The third-order valence-corrected chi connectivity index (χ3v) is 2.82. The zero-order valence-electron chi connectivity index (χ0n) is 9.59. The van der Waals surface area contributed by atoms with E-state index in [1.165, 1.54) is 0 Å². The molecule has 0 aromatic heterocycles. The maximum atomic E-state index is 9.86. The third kappa shape index (κ3) is 2.14. The van der Waals surface area contributed by atoms with Gasteiger partial charge in [-0.3, -0.25) is 0 Å². The van der Waals surface area contributed by atoms with Crippen molar-refractivity contribution in [3.8, 4) is 22.9 Å². The lowest BCUT2D eigenvalue weighted by atomic mass is 9.92. The van der Waals surface area contributed by atoms with Crippen molar-refractivity contribution in [2.75, 3.05) is 0 Å². The first-order valence-corrected chi connectivity index (χ1v) is 5.51. The summed E-state index contributed by atoms with van der Waals surface area (Å²) in [6, 6.07) is 17.1. The maximum Gasteiger partial charge on any atom is 0.123 e. The Balaban J connectivity index is 2.61. The van der Waals surface area contributed by atoms with E-state index in [2.05, 4.69) is 6.07 Å². The minimum atomic E-state index is -0.189. The predicted molar refractivity (Wildman–Crippen MR) is 67.6 cm³/mol. The summed E-state index contributed by atoms with van der Waals surface area (Å²) in [4.78, 5) is 0. The Bertz CT molecular complexity index is 569. The van der Waals surface area contributed by atoms with Crippen LogP contribution in [0.15, 0.2) is 48.5 Å². The molecule has 2 nitrogen and oxygen atoms in total. The quantitative estimate of drug-likeness (QED) is 0.843. The fourth-order valence-electron chi connectivity index (χ4n) is 1.89. The van der Waals surface area contributed by atoms with Gasteiger partial charge in [-0.15, -0.1) is 0 Å². The molecule has 2 heteroatoms. The van der Waals surface area contributed by atoms with Gasteiger partial charge in [0.2, 0.25) is 0 Å². The number of rotatable bonds is 2. The second kappa shape index (κ2) is 4.71. The minimum Gasteiger partial charge on any atom is -0.507 e. The van der Waals surface area contributed by atoms with Crippen molar-refractivity contribution in [2.24, 2.45) is 0 Å². The molecule has 2 rings (SSSR count). The van der Waals surface area contributed by atoms with Gasteiger partial charge in [0.15, 0.2) is 0 Å². The molecule has 0 amide bonds. The van der Waals surface area contributed by atoms with Crippen molar-refractivity contribution >= 4 is 0 Å². The van der Waals surface area contributed by atoms with E-state index < -0.39 is 0 Å². The van der Waals surface area contributed by atoms with Gasteiger partial charge < -0.3 is 5.11 Å². The van der Waals surface area contributed by atoms with Crippen molar-refractivity contribution < 1.29 is 5.11 Å². The lowest BCUT2D eigenvalue weighted by molar-refractivity contribution is 0.477. The van der Waals surface area contributed by atoms with Crippen LogP contribution in [0.3, 0.4) is 0 Å². The first kappa shape index (κ1) is 11.2. The molecular weight excluding hydrogens is 210 g/mol. The van der Waals surface area contributed by atoms with Crippen LogP contribution in [0.5, 0.6) is 5.75 Å². The number of aromatic hydroxyl groups is 1. The molecule has 0 spiro atoms. The van der Waals surface area contributed by atoms with Gasteiger partial charge in [0.05, 0.1) is 12.0 Å². The topological polar surface area (TPSA) is 44.0 Å². The molecule has 1 unspecified atom stereocenters. The van der Waals surface area contributed by atoms with Gasteiger partial charge in [-0.1, -0.05) is 42.5 Å². The highest BCUT2D eigenvalue weighted by atomic mass is 16.3. The van der Waals surface area contributed by atoms with E-state index in [1.54, 1.807) is 12.1 Å². The van der Waals surface area contributed by atoms with E-state index in [-0.39, 0.29) is 11.7 Å². The number of hydrogen-bond acceptors (Lipinski definition) is 2. The van der Waals surface area contributed by atoms with Gasteiger partial charge in [-0.2, -0.15) is 5.26 Å². The molecule has 1 N–H and O–H groups in total. The summed E-state index contributed by atoms with van der Waals surface area (Å²) in [6.07, 6.45) is 0. The van der Waals surface area contributed by atoms with Crippen LogP contribution in [0.25, 0.3) is 11.1 Å². The monoisotopic (exact) mass is 223 g/mol. The van der Waals surface area contributed by atoms with Crippen LogP contribution in [0.4, 0.5) is 0 Å². The molecule has 0 saturated heterocycles. The maximum absolute atomic E-state index is 9.86. The number of benzene rings is 2. The van der Waals surface area contributed by atoms with E-state index in [4.69, 9.17) is 5.26 Å². The van der Waals surface area contributed by atoms with Gasteiger partial charge in [-0.25, -0.2) is 0 Å². The lowest BCUT2D eigenvalue weighted by Crippen LogP contribution is -1.93. The number of phenols is 1. The molecule has 0 fully saturated rings. The second-order valence-electron chi connectivity index (χ2n) is 3.96. The molecule has 0 aliphatic heterocycles. The van der Waals surface area contributed by atoms with E-state index >= 15 is 0 Å². The fourth-order valence-corrected chi connectivity index (χ4v) is 1.89. The summed E-state index contributed by atoms with van der Waals surface area (Å²) >= 11 is 0. The summed E-state index contributed by atoms with van der Waals surface area (Å²) in [5.74, 6) is 0.0518. The van der Waals surface area contributed by atoms with Crippen LogP contribution in [0, 0.1) is 11.3 Å². The van der Waals surface area contributed by atoms with Crippen molar-refractivity contribution in [1.29, 1.82) is 5.26 Å². The van der Waals surface area contributed by atoms with Crippen LogP contribution in [-0.4, -0.2) is 5.11 Å². The minimum absolute atomic E-state index is 0.189. The molecule has 2 aromatic carbocycles. The zero-order chi connectivity index (χ0) is 12.3.